The van der Waals surface area contributed by atoms with Crippen LogP contribution >= 0.6 is 0 Å². The molecule has 1 atom stereocenters. The number of hydrogen-bond acceptors (Lipinski definition) is 4. The van der Waals surface area contributed by atoms with Crippen LogP contribution in [0.2, 0.25) is 0 Å². The van der Waals surface area contributed by atoms with Crippen molar-refractivity contribution in [3.63, 3.8) is 0 Å². The number of non-ortho nitro benzene ring substituents is 1. The fourth-order valence-corrected chi connectivity index (χ4v) is 3.82. The Morgan fingerprint density at radius 3 is 2.43 bits per heavy atom. The summed E-state index contributed by atoms with van der Waals surface area (Å²) in [5.74, 6) is -0.966. The van der Waals surface area contributed by atoms with E-state index in [4.69, 9.17) is 0 Å². The second-order valence-electron chi connectivity index (χ2n) is 4.85. The standard InChI is InChI=1S/C12H14F2N2O4S/c13-12(14)9-2-1-7-15(8-9)21(19,20)11-5-3-10(4-6-11)16(17)18/h3-6,9,12H,1-2,7-8H2. The Hall–Kier alpha value is -1.61. The molecule has 116 valence electrons. The van der Waals surface area contributed by atoms with E-state index in [9.17, 15) is 27.3 Å². The Morgan fingerprint density at radius 1 is 1.29 bits per heavy atom. The van der Waals surface area contributed by atoms with Crippen LogP contribution in [0, 0.1) is 16.0 Å². The first-order valence-electron chi connectivity index (χ1n) is 6.35. The van der Waals surface area contributed by atoms with Crippen molar-refractivity contribution in [1.82, 2.24) is 4.31 Å². The van der Waals surface area contributed by atoms with E-state index in [0.717, 1.165) is 28.6 Å². The maximum Gasteiger partial charge on any atom is 0.269 e. The number of piperidine rings is 1. The van der Waals surface area contributed by atoms with E-state index in [1.54, 1.807) is 0 Å². The highest BCUT2D eigenvalue weighted by atomic mass is 32.2. The molecule has 6 nitrogen and oxygen atoms in total. The van der Waals surface area contributed by atoms with Crippen LogP contribution in [-0.4, -0.2) is 37.2 Å². The summed E-state index contributed by atoms with van der Waals surface area (Å²) in [5, 5.41) is 10.5. The molecule has 1 saturated heterocycles. The molecule has 1 aliphatic heterocycles. The van der Waals surface area contributed by atoms with Crippen LogP contribution in [0.15, 0.2) is 29.2 Å². The highest BCUT2D eigenvalue weighted by Crippen LogP contribution is 2.27. The SMILES string of the molecule is O=[N+]([O-])c1ccc(S(=O)(=O)N2CCCC(C(F)F)C2)cc1. The summed E-state index contributed by atoms with van der Waals surface area (Å²) in [6.45, 7) is -0.0421. The van der Waals surface area contributed by atoms with Crippen molar-refractivity contribution in [3.8, 4) is 0 Å². The van der Waals surface area contributed by atoms with Crippen LogP contribution in [0.5, 0.6) is 0 Å². The van der Waals surface area contributed by atoms with Gasteiger partial charge >= 0.3 is 0 Å². The molecule has 9 heteroatoms. The van der Waals surface area contributed by atoms with Crippen molar-refractivity contribution in [2.24, 2.45) is 5.92 Å². The molecule has 1 unspecified atom stereocenters. The van der Waals surface area contributed by atoms with Crippen molar-refractivity contribution < 1.29 is 22.1 Å². The third-order valence-electron chi connectivity index (χ3n) is 3.46. The molecule has 0 aliphatic carbocycles. The van der Waals surface area contributed by atoms with Gasteiger partial charge in [-0.3, -0.25) is 10.1 Å². The predicted molar refractivity (Wildman–Crippen MR) is 70.6 cm³/mol. The van der Waals surface area contributed by atoms with E-state index in [0.29, 0.717) is 12.8 Å². The summed E-state index contributed by atoms with van der Waals surface area (Å²) in [5.41, 5.74) is -0.224. The maximum absolute atomic E-state index is 12.7. The molecule has 0 radical (unpaired) electrons. The number of alkyl halides is 2. The summed E-state index contributed by atoms with van der Waals surface area (Å²) in [7, 11) is -3.89. The van der Waals surface area contributed by atoms with Crippen molar-refractivity contribution in [2.75, 3.05) is 13.1 Å². The molecule has 2 rings (SSSR count). The van der Waals surface area contributed by atoms with Crippen LogP contribution in [0.1, 0.15) is 12.8 Å². The quantitative estimate of drug-likeness (QED) is 0.629. The summed E-state index contributed by atoms with van der Waals surface area (Å²) in [4.78, 5) is 9.79. The lowest BCUT2D eigenvalue weighted by atomic mass is 10.0. The number of nitro benzene ring substituents is 1. The normalized spacial score (nSPS) is 20.6. The maximum atomic E-state index is 12.7. The van der Waals surface area contributed by atoms with Gasteiger partial charge in [0.25, 0.3) is 5.69 Å². The molecular formula is C12H14F2N2O4S. The summed E-state index contributed by atoms with van der Waals surface area (Å²) in [6.07, 6.45) is -1.88. The first-order valence-corrected chi connectivity index (χ1v) is 7.79. The van der Waals surface area contributed by atoms with Gasteiger partial charge in [-0.1, -0.05) is 0 Å². The summed E-state index contributed by atoms with van der Waals surface area (Å²) >= 11 is 0. The van der Waals surface area contributed by atoms with Gasteiger partial charge in [0, 0.05) is 31.1 Å². The van der Waals surface area contributed by atoms with E-state index >= 15 is 0 Å². The number of benzene rings is 1. The zero-order valence-corrected chi connectivity index (χ0v) is 11.8. The van der Waals surface area contributed by atoms with Gasteiger partial charge in [-0.05, 0) is 25.0 Å². The molecule has 0 amide bonds. The molecule has 0 aromatic heterocycles. The number of hydrogen-bond donors (Lipinski definition) is 0. The average molecular weight is 320 g/mol. The fourth-order valence-electron chi connectivity index (χ4n) is 2.29. The second-order valence-corrected chi connectivity index (χ2v) is 6.79. The van der Waals surface area contributed by atoms with E-state index < -0.39 is 27.3 Å². The van der Waals surface area contributed by atoms with Crippen LogP contribution in [-0.2, 0) is 10.0 Å². The average Bonchev–Trinajstić information content (AvgIpc) is 2.47. The van der Waals surface area contributed by atoms with Gasteiger partial charge < -0.3 is 0 Å². The van der Waals surface area contributed by atoms with Gasteiger partial charge in [0.2, 0.25) is 16.4 Å². The molecule has 0 saturated carbocycles. The van der Waals surface area contributed by atoms with Gasteiger partial charge in [-0.25, -0.2) is 17.2 Å². The molecule has 0 spiro atoms. The third-order valence-corrected chi connectivity index (χ3v) is 5.34. The van der Waals surface area contributed by atoms with E-state index in [-0.39, 0.29) is 23.7 Å². The molecule has 1 fully saturated rings. The number of sulfonamides is 1. The number of nitro groups is 1. The summed E-state index contributed by atoms with van der Waals surface area (Å²) in [6, 6.07) is 4.42. The first kappa shape index (κ1) is 15.8. The van der Waals surface area contributed by atoms with Crippen LogP contribution < -0.4 is 0 Å². The molecule has 1 heterocycles. The zero-order chi connectivity index (χ0) is 15.6. The minimum atomic E-state index is -3.89. The molecule has 0 bridgehead atoms. The summed E-state index contributed by atoms with van der Waals surface area (Å²) < 4.78 is 51.2. The minimum Gasteiger partial charge on any atom is -0.258 e. The van der Waals surface area contributed by atoms with Crippen LogP contribution in [0.4, 0.5) is 14.5 Å². The monoisotopic (exact) mass is 320 g/mol. The molecule has 1 aromatic carbocycles. The van der Waals surface area contributed by atoms with E-state index in [2.05, 4.69) is 0 Å². The lowest BCUT2D eigenvalue weighted by Crippen LogP contribution is -2.41. The number of halogens is 2. The third kappa shape index (κ3) is 3.35. The fraction of sp³-hybridized carbons (Fsp3) is 0.500. The van der Waals surface area contributed by atoms with Crippen molar-refractivity contribution in [1.29, 1.82) is 0 Å². The molecule has 1 aliphatic rings. The van der Waals surface area contributed by atoms with Gasteiger partial charge in [-0.15, -0.1) is 0 Å². The van der Waals surface area contributed by atoms with Gasteiger partial charge in [0.1, 0.15) is 0 Å². The number of nitrogens with zero attached hydrogens (tertiary/aromatic N) is 2. The Balaban J connectivity index is 2.22. The highest BCUT2D eigenvalue weighted by Gasteiger charge is 2.34. The molecule has 0 N–H and O–H groups in total. The lowest BCUT2D eigenvalue weighted by molar-refractivity contribution is -0.384. The van der Waals surface area contributed by atoms with Gasteiger partial charge in [0.05, 0.1) is 9.82 Å². The van der Waals surface area contributed by atoms with Crippen molar-refractivity contribution >= 4 is 15.7 Å². The minimum absolute atomic E-state index is 0.122. The molecule has 1 aromatic rings. The second kappa shape index (κ2) is 6.02. The predicted octanol–water partition coefficient (Wildman–Crippen LogP) is 2.26. The Bertz CT molecular complexity index is 619. The Morgan fingerprint density at radius 2 is 1.90 bits per heavy atom. The lowest BCUT2D eigenvalue weighted by Gasteiger charge is -2.31. The largest absolute Gasteiger partial charge is 0.269 e. The molecule has 21 heavy (non-hydrogen) atoms. The van der Waals surface area contributed by atoms with Gasteiger partial charge in [0.15, 0.2) is 0 Å². The van der Waals surface area contributed by atoms with E-state index in [1.807, 2.05) is 0 Å². The Labute approximate surface area is 120 Å². The highest BCUT2D eigenvalue weighted by molar-refractivity contribution is 7.89. The van der Waals surface area contributed by atoms with Gasteiger partial charge in [-0.2, -0.15) is 4.31 Å². The first-order chi connectivity index (χ1) is 9.82. The smallest absolute Gasteiger partial charge is 0.258 e. The zero-order valence-electron chi connectivity index (χ0n) is 11.0. The Kier molecular flexibility index (Phi) is 4.52. The molecular weight excluding hydrogens is 306 g/mol. The van der Waals surface area contributed by atoms with E-state index in [1.165, 1.54) is 0 Å². The van der Waals surface area contributed by atoms with Crippen molar-refractivity contribution in [2.45, 2.75) is 24.2 Å². The van der Waals surface area contributed by atoms with Crippen LogP contribution in [0.3, 0.4) is 0 Å². The topological polar surface area (TPSA) is 80.5 Å². The van der Waals surface area contributed by atoms with Crippen molar-refractivity contribution in [3.05, 3.63) is 34.4 Å². The number of rotatable bonds is 4. The van der Waals surface area contributed by atoms with Crippen LogP contribution in [0.25, 0.3) is 0 Å².